The number of benzene rings is 2. The number of halogens is 1. The van der Waals surface area contributed by atoms with Gasteiger partial charge in [-0.1, -0.05) is 37.3 Å². The van der Waals surface area contributed by atoms with Crippen molar-refractivity contribution >= 4 is 39.2 Å². The first-order chi connectivity index (χ1) is 14.1. The van der Waals surface area contributed by atoms with Crippen molar-refractivity contribution in [1.29, 1.82) is 0 Å². The fourth-order valence-corrected chi connectivity index (χ4v) is 3.94. The molecule has 0 atom stereocenters. The van der Waals surface area contributed by atoms with Crippen molar-refractivity contribution in [3.63, 3.8) is 0 Å². The van der Waals surface area contributed by atoms with Gasteiger partial charge in [0.05, 0.1) is 11.1 Å². The number of hydrogen-bond donors (Lipinski definition) is 1. The van der Waals surface area contributed by atoms with Crippen molar-refractivity contribution in [3.8, 4) is 5.75 Å². The van der Waals surface area contributed by atoms with Gasteiger partial charge in [0.15, 0.2) is 5.11 Å². The van der Waals surface area contributed by atoms with Gasteiger partial charge >= 0.3 is 0 Å². The van der Waals surface area contributed by atoms with Crippen LogP contribution in [0.5, 0.6) is 5.75 Å². The van der Waals surface area contributed by atoms with E-state index in [9.17, 15) is 4.79 Å². The van der Waals surface area contributed by atoms with Crippen molar-refractivity contribution in [2.45, 2.75) is 19.9 Å². The number of nitrogens with one attached hydrogen (secondary N) is 1. The summed E-state index contributed by atoms with van der Waals surface area (Å²) in [5.74, 6) is 0.532. The van der Waals surface area contributed by atoms with Gasteiger partial charge in [0, 0.05) is 38.3 Å². The van der Waals surface area contributed by atoms with E-state index >= 15 is 0 Å². The van der Waals surface area contributed by atoms with Crippen LogP contribution in [0.1, 0.15) is 29.3 Å². The van der Waals surface area contributed by atoms with Crippen LogP contribution in [0, 0.1) is 0 Å². The number of amides is 1. The summed E-state index contributed by atoms with van der Waals surface area (Å²) >= 11 is 8.94. The number of rotatable bonds is 6. The highest BCUT2D eigenvalue weighted by Gasteiger charge is 2.20. The molecular formula is C22H26BrN3O2S. The molecular weight excluding hydrogens is 450 g/mol. The number of carbonyl (C=O) groups excluding carboxylic acids is 1. The Morgan fingerprint density at radius 1 is 1.14 bits per heavy atom. The van der Waals surface area contributed by atoms with Gasteiger partial charge in [-0.2, -0.15) is 0 Å². The molecule has 0 aromatic heterocycles. The molecule has 0 unspecified atom stereocenters. The fourth-order valence-electron chi connectivity index (χ4n) is 3.17. The summed E-state index contributed by atoms with van der Waals surface area (Å²) in [5.41, 5.74) is 1.86. The van der Waals surface area contributed by atoms with Crippen LogP contribution >= 0.6 is 28.1 Å². The summed E-state index contributed by atoms with van der Waals surface area (Å²) < 4.78 is 6.40. The van der Waals surface area contributed by atoms with E-state index < -0.39 is 0 Å². The first-order valence-corrected chi connectivity index (χ1v) is 11.1. The zero-order chi connectivity index (χ0) is 20.6. The molecule has 3 rings (SSSR count). The van der Waals surface area contributed by atoms with Crippen LogP contribution in [0.15, 0.2) is 53.0 Å². The fraction of sp³-hybridized carbons (Fsp3) is 0.364. The van der Waals surface area contributed by atoms with Gasteiger partial charge in [0.2, 0.25) is 0 Å². The lowest BCUT2D eigenvalue weighted by molar-refractivity contribution is 0.0969. The standard InChI is InChI=1S/C22H26BrN3O2S/c1-2-14-28-20-9-8-18(15-19(20)23)21(27)24-22(29)26-12-10-25(11-13-26)16-17-6-4-3-5-7-17/h3-9,15H,2,10-14,16H2,1H3,(H,24,27,29). The smallest absolute Gasteiger partial charge is 0.257 e. The van der Waals surface area contributed by atoms with E-state index in [2.05, 4.69) is 62.2 Å². The van der Waals surface area contributed by atoms with Crippen LogP contribution in [-0.4, -0.2) is 53.6 Å². The molecule has 1 fully saturated rings. The molecule has 0 radical (unpaired) electrons. The summed E-state index contributed by atoms with van der Waals surface area (Å²) in [6.45, 7) is 7.08. The van der Waals surface area contributed by atoms with Gasteiger partial charge in [0.25, 0.3) is 5.91 Å². The first-order valence-electron chi connectivity index (χ1n) is 9.85. The van der Waals surface area contributed by atoms with Crippen molar-refractivity contribution in [1.82, 2.24) is 15.1 Å². The lowest BCUT2D eigenvalue weighted by Gasteiger charge is -2.36. The van der Waals surface area contributed by atoms with Gasteiger partial charge in [-0.05, 0) is 58.3 Å². The van der Waals surface area contributed by atoms with E-state index in [4.69, 9.17) is 17.0 Å². The van der Waals surface area contributed by atoms with Gasteiger partial charge in [-0.3, -0.25) is 15.0 Å². The summed E-state index contributed by atoms with van der Waals surface area (Å²) in [7, 11) is 0. The normalized spacial score (nSPS) is 14.5. The largest absolute Gasteiger partial charge is 0.492 e. The van der Waals surface area contributed by atoms with Crippen LogP contribution in [0.3, 0.4) is 0 Å². The lowest BCUT2D eigenvalue weighted by Crippen LogP contribution is -2.52. The van der Waals surface area contributed by atoms with E-state index in [1.807, 2.05) is 6.07 Å². The second kappa shape index (κ2) is 10.7. The maximum atomic E-state index is 12.6. The molecule has 0 aliphatic carbocycles. The number of piperazine rings is 1. The van der Waals surface area contributed by atoms with Crippen LogP contribution < -0.4 is 10.1 Å². The topological polar surface area (TPSA) is 44.8 Å². The molecule has 2 aromatic rings. The van der Waals surface area contributed by atoms with Gasteiger partial charge in [-0.25, -0.2) is 0 Å². The molecule has 1 saturated heterocycles. The average Bonchev–Trinajstić information content (AvgIpc) is 2.74. The Morgan fingerprint density at radius 2 is 1.86 bits per heavy atom. The molecule has 1 aliphatic rings. The summed E-state index contributed by atoms with van der Waals surface area (Å²) in [6, 6.07) is 15.8. The third kappa shape index (κ3) is 6.26. The number of thiocarbonyl (C=S) groups is 1. The van der Waals surface area contributed by atoms with Crippen LogP contribution in [-0.2, 0) is 6.54 Å². The summed E-state index contributed by atoms with van der Waals surface area (Å²) in [6.07, 6.45) is 0.932. The second-order valence-electron chi connectivity index (χ2n) is 7.00. The maximum Gasteiger partial charge on any atom is 0.257 e. The Labute approximate surface area is 186 Å². The third-order valence-electron chi connectivity index (χ3n) is 4.78. The lowest BCUT2D eigenvalue weighted by atomic mass is 10.2. The SMILES string of the molecule is CCCOc1ccc(C(=O)NC(=S)N2CCN(Cc3ccccc3)CC2)cc1Br. The van der Waals surface area contributed by atoms with Crippen LogP contribution in [0.2, 0.25) is 0 Å². The van der Waals surface area contributed by atoms with Gasteiger partial charge in [0.1, 0.15) is 5.75 Å². The maximum absolute atomic E-state index is 12.6. The minimum atomic E-state index is -0.204. The molecule has 154 valence electrons. The second-order valence-corrected chi connectivity index (χ2v) is 8.24. The Bertz CT molecular complexity index is 839. The van der Waals surface area contributed by atoms with Crippen LogP contribution in [0.4, 0.5) is 0 Å². The molecule has 5 nitrogen and oxygen atoms in total. The highest BCUT2D eigenvalue weighted by molar-refractivity contribution is 9.10. The van der Waals surface area contributed by atoms with Gasteiger partial charge < -0.3 is 9.64 Å². The van der Waals surface area contributed by atoms with Crippen molar-refractivity contribution < 1.29 is 9.53 Å². The Balaban J connectivity index is 1.49. The summed E-state index contributed by atoms with van der Waals surface area (Å²) in [5, 5.41) is 3.34. The Hall–Kier alpha value is -1.96. The molecule has 1 heterocycles. The molecule has 2 aromatic carbocycles. The Kier molecular flexibility index (Phi) is 8.03. The third-order valence-corrected chi connectivity index (χ3v) is 5.76. The molecule has 1 amide bonds. The number of carbonyl (C=O) groups is 1. The van der Waals surface area contributed by atoms with E-state index in [1.54, 1.807) is 18.2 Å². The van der Waals surface area contributed by atoms with Crippen molar-refractivity contribution in [3.05, 3.63) is 64.1 Å². The quantitative estimate of drug-likeness (QED) is 0.637. The Morgan fingerprint density at radius 3 is 2.52 bits per heavy atom. The number of ether oxygens (including phenoxy) is 1. The van der Waals surface area contributed by atoms with Crippen molar-refractivity contribution in [2.75, 3.05) is 32.8 Å². The molecule has 0 spiro atoms. The predicted molar refractivity (Wildman–Crippen MR) is 123 cm³/mol. The van der Waals surface area contributed by atoms with E-state index in [0.717, 1.165) is 49.4 Å². The highest BCUT2D eigenvalue weighted by atomic mass is 79.9. The monoisotopic (exact) mass is 475 g/mol. The highest BCUT2D eigenvalue weighted by Crippen LogP contribution is 2.26. The molecule has 0 bridgehead atoms. The molecule has 29 heavy (non-hydrogen) atoms. The van der Waals surface area contributed by atoms with Gasteiger partial charge in [-0.15, -0.1) is 0 Å². The van der Waals surface area contributed by atoms with E-state index in [-0.39, 0.29) is 5.91 Å². The van der Waals surface area contributed by atoms with E-state index in [1.165, 1.54) is 5.56 Å². The predicted octanol–water partition coefficient (Wildman–Crippen LogP) is 4.07. The molecule has 1 aliphatic heterocycles. The summed E-state index contributed by atoms with van der Waals surface area (Å²) in [4.78, 5) is 17.0. The number of hydrogen-bond acceptors (Lipinski definition) is 4. The zero-order valence-corrected chi connectivity index (χ0v) is 19.0. The van der Waals surface area contributed by atoms with Crippen LogP contribution in [0.25, 0.3) is 0 Å². The molecule has 0 saturated carbocycles. The van der Waals surface area contributed by atoms with E-state index in [0.29, 0.717) is 17.3 Å². The molecule has 7 heteroatoms. The average molecular weight is 476 g/mol. The first kappa shape index (κ1) is 21.7. The number of nitrogens with zero attached hydrogens (tertiary/aromatic N) is 2. The van der Waals surface area contributed by atoms with Crippen molar-refractivity contribution in [2.24, 2.45) is 0 Å². The minimum Gasteiger partial charge on any atom is -0.492 e. The zero-order valence-electron chi connectivity index (χ0n) is 16.6. The molecule has 1 N–H and O–H groups in total. The minimum absolute atomic E-state index is 0.204.